The largest absolute Gasteiger partial charge is 0.394 e. The van der Waals surface area contributed by atoms with Gasteiger partial charge in [0.15, 0.2) is 6.29 Å². The Balaban J connectivity index is 2.46. The van der Waals surface area contributed by atoms with Crippen molar-refractivity contribution < 1.29 is 50.0 Å². The molecule has 0 spiro atoms. The molecule has 9 atom stereocenters. The Morgan fingerprint density at radius 1 is 0.586 bits per heavy atom. The number of carbonyl (C=O) groups is 1. The molecule has 1 amide bonds. The number of ether oxygens (including phenoxy) is 2. The van der Waals surface area contributed by atoms with Crippen LogP contribution in [-0.4, -0.2) is 110 Å². The molecule has 342 valence electrons. The molecule has 0 aromatic carbocycles. The van der Waals surface area contributed by atoms with Crippen LogP contribution in [0.15, 0.2) is 24.3 Å². The van der Waals surface area contributed by atoms with E-state index in [0.29, 0.717) is 12.8 Å². The highest BCUT2D eigenvalue weighted by molar-refractivity contribution is 5.80. The number of nitrogens with one attached hydrogen (secondary N) is 1. The van der Waals surface area contributed by atoms with E-state index in [4.69, 9.17) is 9.47 Å². The Bertz CT molecular complexity index is 997. The van der Waals surface area contributed by atoms with E-state index >= 15 is 0 Å². The second kappa shape index (κ2) is 37.4. The molecule has 1 aliphatic heterocycles. The summed E-state index contributed by atoms with van der Waals surface area (Å²) in [6.45, 7) is 3.41. The average Bonchev–Trinajstić information content (AvgIpc) is 3.22. The lowest BCUT2D eigenvalue weighted by atomic mass is 9.98. The molecule has 0 aromatic rings. The molecule has 11 nitrogen and oxygen atoms in total. The lowest BCUT2D eigenvalue weighted by Gasteiger charge is -2.40. The molecular formula is C47H89NO10. The molecule has 0 radical (unpaired) electrons. The molecule has 1 rings (SSSR count). The molecule has 1 fully saturated rings. The van der Waals surface area contributed by atoms with E-state index in [2.05, 4.69) is 43.5 Å². The van der Waals surface area contributed by atoms with Gasteiger partial charge in [-0.25, -0.2) is 0 Å². The fourth-order valence-corrected chi connectivity index (χ4v) is 7.49. The third-order valence-electron chi connectivity index (χ3n) is 11.5. The summed E-state index contributed by atoms with van der Waals surface area (Å²) in [5.74, 6) is -0.712. The fourth-order valence-electron chi connectivity index (χ4n) is 7.49. The number of rotatable bonds is 39. The van der Waals surface area contributed by atoms with Gasteiger partial charge < -0.3 is 50.5 Å². The van der Waals surface area contributed by atoms with Crippen LogP contribution in [0.1, 0.15) is 200 Å². The molecule has 11 heteroatoms. The minimum Gasteiger partial charge on any atom is -0.394 e. The van der Waals surface area contributed by atoms with Gasteiger partial charge in [-0.1, -0.05) is 160 Å². The van der Waals surface area contributed by atoms with E-state index in [-0.39, 0.29) is 12.8 Å². The quantitative estimate of drug-likeness (QED) is 0.0224. The number of aliphatic hydroxyl groups is 7. The van der Waals surface area contributed by atoms with Crippen LogP contribution in [0.4, 0.5) is 0 Å². The van der Waals surface area contributed by atoms with Crippen LogP contribution in [0.3, 0.4) is 0 Å². The van der Waals surface area contributed by atoms with Crippen molar-refractivity contribution in [1.82, 2.24) is 5.32 Å². The van der Waals surface area contributed by atoms with Crippen LogP contribution in [-0.2, 0) is 14.3 Å². The zero-order valence-electron chi connectivity index (χ0n) is 36.8. The summed E-state index contributed by atoms with van der Waals surface area (Å²) in [7, 11) is 0. The maximum atomic E-state index is 13.1. The average molecular weight is 828 g/mol. The van der Waals surface area contributed by atoms with Crippen molar-refractivity contribution in [3.63, 3.8) is 0 Å². The highest BCUT2D eigenvalue weighted by atomic mass is 16.7. The van der Waals surface area contributed by atoms with E-state index < -0.39 is 74.2 Å². The second-order valence-corrected chi connectivity index (χ2v) is 16.8. The molecule has 0 aromatic heterocycles. The number of hydrogen-bond acceptors (Lipinski definition) is 10. The van der Waals surface area contributed by atoms with Crippen LogP contribution in [0, 0.1) is 0 Å². The molecule has 0 bridgehead atoms. The number of allylic oxidation sites excluding steroid dienone is 4. The monoisotopic (exact) mass is 828 g/mol. The first-order valence-electron chi connectivity index (χ1n) is 23.7. The summed E-state index contributed by atoms with van der Waals surface area (Å²) in [4.78, 5) is 13.1. The number of hydrogen-bond donors (Lipinski definition) is 8. The number of amides is 1. The molecule has 1 heterocycles. The van der Waals surface area contributed by atoms with Crippen molar-refractivity contribution in [3.05, 3.63) is 24.3 Å². The second-order valence-electron chi connectivity index (χ2n) is 16.8. The van der Waals surface area contributed by atoms with E-state index in [9.17, 15) is 40.5 Å². The topological polar surface area (TPSA) is 189 Å². The van der Waals surface area contributed by atoms with E-state index in [1.165, 1.54) is 103 Å². The summed E-state index contributed by atoms with van der Waals surface area (Å²) >= 11 is 0. The van der Waals surface area contributed by atoms with Crippen LogP contribution < -0.4 is 5.32 Å². The zero-order valence-corrected chi connectivity index (χ0v) is 36.8. The maximum absolute atomic E-state index is 13.1. The zero-order chi connectivity index (χ0) is 42.6. The first-order chi connectivity index (χ1) is 28.2. The Labute approximate surface area is 353 Å². The predicted octanol–water partition coefficient (Wildman–Crippen LogP) is 7.84. The summed E-state index contributed by atoms with van der Waals surface area (Å²) < 4.78 is 11.1. The minimum atomic E-state index is -1.67. The highest BCUT2D eigenvalue weighted by Crippen LogP contribution is 2.23. The first kappa shape index (κ1) is 54.6. The van der Waals surface area contributed by atoms with Gasteiger partial charge in [-0.15, -0.1) is 0 Å². The lowest BCUT2D eigenvalue weighted by molar-refractivity contribution is -0.303. The van der Waals surface area contributed by atoms with Crippen molar-refractivity contribution >= 4 is 5.91 Å². The van der Waals surface area contributed by atoms with Gasteiger partial charge in [0.25, 0.3) is 0 Å². The standard InChI is InChI=1S/C47H89NO10/c1-3-5-7-9-11-13-15-17-18-19-20-21-23-25-27-29-31-33-35-40(51)46(56)48-38(37-57-47-45(55)44(54)43(53)41(36-49)58-47)42(52)39(50)34-32-30-28-26-24-22-16-14-12-10-8-6-4-2/h19-20,26,28,38-45,47,49-55H,3-18,21-25,27,29-37H2,1-2H3,(H,48,56)/b20-19-,28-26+. The van der Waals surface area contributed by atoms with E-state index in [1.807, 2.05) is 0 Å². The van der Waals surface area contributed by atoms with Gasteiger partial charge in [-0.2, -0.15) is 0 Å². The third kappa shape index (κ3) is 26.7. The van der Waals surface area contributed by atoms with Crippen molar-refractivity contribution in [1.29, 1.82) is 0 Å². The molecule has 1 saturated heterocycles. The molecule has 8 N–H and O–H groups in total. The Morgan fingerprint density at radius 2 is 1.02 bits per heavy atom. The van der Waals surface area contributed by atoms with Gasteiger partial charge in [-0.3, -0.25) is 4.79 Å². The number of carbonyl (C=O) groups excluding carboxylic acids is 1. The van der Waals surface area contributed by atoms with Gasteiger partial charge in [0.05, 0.1) is 25.4 Å². The van der Waals surface area contributed by atoms with Gasteiger partial charge in [0.1, 0.15) is 36.6 Å². The molecule has 0 aliphatic carbocycles. The lowest BCUT2D eigenvalue weighted by Crippen LogP contribution is -2.60. The van der Waals surface area contributed by atoms with E-state index in [0.717, 1.165) is 57.8 Å². The SMILES string of the molecule is CCCCCCCCCC/C=C\CCCCCCCCC(O)C(=O)NC(COC1OC(CO)C(O)C(O)C1O)C(O)C(O)CCC/C=C/CCCCCCCCCC. The van der Waals surface area contributed by atoms with Crippen molar-refractivity contribution in [2.75, 3.05) is 13.2 Å². The summed E-state index contributed by atoms with van der Waals surface area (Å²) in [5.41, 5.74) is 0. The van der Waals surface area contributed by atoms with Gasteiger partial charge in [0, 0.05) is 0 Å². The van der Waals surface area contributed by atoms with Crippen molar-refractivity contribution in [2.45, 2.75) is 255 Å². The smallest absolute Gasteiger partial charge is 0.249 e. The molecule has 0 saturated carbocycles. The molecule has 9 unspecified atom stereocenters. The van der Waals surface area contributed by atoms with Crippen LogP contribution in [0.5, 0.6) is 0 Å². The Kier molecular flexibility index (Phi) is 35.2. The van der Waals surface area contributed by atoms with Gasteiger partial charge in [0.2, 0.25) is 5.91 Å². The Morgan fingerprint density at radius 3 is 1.48 bits per heavy atom. The first-order valence-corrected chi connectivity index (χ1v) is 23.7. The molecule has 1 aliphatic rings. The van der Waals surface area contributed by atoms with Gasteiger partial charge >= 0.3 is 0 Å². The Hall–Kier alpha value is -1.41. The molecule has 58 heavy (non-hydrogen) atoms. The van der Waals surface area contributed by atoms with E-state index in [1.54, 1.807) is 0 Å². The highest BCUT2D eigenvalue weighted by Gasteiger charge is 2.44. The van der Waals surface area contributed by atoms with Gasteiger partial charge in [-0.05, 0) is 64.2 Å². The van der Waals surface area contributed by atoms with Crippen LogP contribution in [0.25, 0.3) is 0 Å². The minimum absolute atomic E-state index is 0.248. The summed E-state index contributed by atoms with van der Waals surface area (Å²) in [6, 6.07) is -1.18. The fraction of sp³-hybridized carbons (Fsp3) is 0.894. The normalized spacial score (nSPS) is 22.1. The van der Waals surface area contributed by atoms with Crippen molar-refractivity contribution in [3.8, 4) is 0 Å². The van der Waals surface area contributed by atoms with Crippen LogP contribution >= 0.6 is 0 Å². The van der Waals surface area contributed by atoms with Crippen molar-refractivity contribution in [2.24, 2.45) is 0 Å². The maximum Gasteiger partial charge on any atom is 0.249 e. The van der Waals surface area contributed by atoms with Crippen LogP contribution in [0.2, 0.25) is 0 Å². The summed E-state index contributed by atoms with van der Waals surface area (Å²) in [5, 5.41) is 75.6. The molecular weight excluding hydrogens is 739 g/mol. The third-order valence-corrected chi connectivity index (χ3v) is 11.5. The number of aliphatic hydroxyl groups excluding tert-OH is 7. The number of unbranched alkanes of at least 4 members (excludes halogenated alkanes) is 23. The predicted molar refractivity (Wildman–Crippen MR) is 233 cm³/mol. The summed E-state index contributed by atoms with van der Waals surface area (Å²) in [6.07, 6.45) is 29.4.